The number of anilines is 2. The van der Waals surface area contributed by atoms with E-state index < -0.39 is 0 Å². The molecule has 3 aromatic rings. The van der Waals surface area contributed by atoms with Gasteiger partial charge < -0.3 is 15.0 Å². The number of para-hydroxylation sites is 1. The molecule has 1 atom stereocenters. The topological polar surface area (TPSA) is 62.6 Å². The van der Waals surface area contributed by atoms with Crippen molar-refractivity contribution in [1.82, 2.24) is 14.5 Å². The lowest BCUT2D eigenvalue weighted by Gasteiger charge is -2.37. The first-order valence-electron chi connectivity index (χ1n) is 10.1. The summed E-state index contributed by atoms with van der Waals surface area (Å²) in [6.07, 6.45) is 0. The van der Waals surface area contributed by atoms with E-state index in [1.165, 1.54) is 5.69 Å². The quantitative estimate of drug-likeness (QED) is 0.734. The number of piperazine rings is 1. The Balaban J connectivity index is 1.23. The molecule has 2 aliphatic heterocycles. The molecule has 3 heterocycles. The molecule has 150 valence electrons. The van der Waals surface area contributed by atoms with Gasteiger partial charge in [0.2, 0.25) is 0 Å². The first-order valence-corrected chi connectivity index (χ1v) is 10.1. The van der Waals surface area contributed by atoms with E-state index in [0.29, 0.717) is 6.54 Å². The summed E-state index contributed by atoms with van der Waals surface area (Å²) >= 11 is 0. The van der Waals surface area contributed by atoms with Crippen LogP contribution in [0.2, 0.25) is 0 Å². The van der Waals surface area contributed by atoms with Crippen molar-refractivity contribution in [3.05, 3.63) is 59.0 Å². The molecule has 29 heavy (non-hydrogen) atoms. The molecular formula is C22H25N5O2. The van der Waals surface area contributed by atoms with E-state index in [-0.39, 0.29) is 11.7 Å². The van der Waals surface area contributed by atoms with E-state index in [0.717, 1.165) is 55.2 Å². The maximum absolute atomic E-state index is 12.4. The number of methoxy groups -OCH3 is 1. The normalized spacial score (nSPS) is 19.2. The summed E-state index contributed by atoms with van der Waals surface area (Å²) in [4.78, 5) is 21.5. The Morgan fingerprint density at radius 1 is 1.07 bits per heavy atom. The van der Waals surface area contributed by atoms with Gasteiger partial charge in [0, 0.05) is 43.8 Å². The van der Waals surface area contributed by atoms with Crippen molar-refractivity contribution in [2.75, 3.05) is 50.1 Å². The minimum atomic E-state index is -0.168. The number of benzene rings is 2. The van der Waals surface area contributed by atoms with E-state index in [4.69, 9.17) is 4.74 Å². The molecule has 7 heteroatoms. The first-order chi connectivity index (χ1) is 14.2. The fourth-order valence-corrected chi connectivity index (χ4v) is 4.36. The van der Waals surface area contributed by atoms with Crippen LogP contribution in [0.15, 0.2) is 53.3 Å². The van der Waals surface area contributed by atoms with Gasteiger partial charge in [-0.2, -0.15) is 4.98 Å². The summed E-state index contributed by atoms with van der Waals surface area (Å²) in [7, 11) is 1.69. The molecule has 2 aliphatic rings. The summed E-state index contributed by atoms with van der Waals surface area (Å²) in [5.74, 6) is 1.79. The molecule has 7 nitrogen and oxygen atoms in total. The van der Waals surface area contributed by atoms with Gasteiger partial charge in [-0.3, -0.25) is 9.47 Å². The molecule has 5 rings (SSSR count). The second kappa shape index (κ2) is 7.40. The molecule has 0 spiro atoms. The van der Waals surface area contributed by atoms with Crippen molar-refractivity contribution in [3.8, 4) is 5.75 Å². The van der Waals surface area contributed by atoms with Crippen LogP contribution in [0.5, 0.6) is 5.75 Å². The van der Waals surface area contributed by atoms with Crippen molar-refractivity contribution in [3.63, 3.8) is 0 Å². The van der Waals surface area contributed by atoms with Gasteiger partial charge in [0.05, 0.1) is 25.2 Å². The van der Waals surface area contributed by atoms with Crippen molar-refractivity contribution in [2.24, 2.45) is 0 Å². The molecule has 1 saturated heterocycles. The Morgan fingerprint density at radius 3 is 2.59 bits per heavy atom. The number of ether oxygens (including phenoxy) is 1. The van der Waals surface area contributed by atoms with Gasteiger partial charge in [-0.25, -0.2) is 4.79 Å². The zero-order chi connectivity index (χ0) is 19.8. The highest BCUT2D eigenvalue weighted by molar-refractivity contribution is 5.89. The minimum Gasteiger partial charge on any atom is -0.497 e. The van der Waals surface area contributed by atoms with Crippen molar-refractivity contribution in [1.29, 1.82) is 0 Å². The fraction of sp³-hybridized carbons (Fsp3) is 0.364. The van der Waals surface area contributed by atoms with Crippen molar-refractivity contribution < 1.29 is 4.74 Å². The van der Waals surface area contributed by atoms with Crippen LogP contribution in [0, 0.1) is 0 Å². The van der Waals surface area contributed by atoms with Crippen molar-refractivity contribution >= 4 is 22.4 Å². The number of nitrogens with zero attached hydrogens (tertiary/aromatic N) is 4. The predicted molar refractivity (Wildman–Crippen MR) is 115 cm³/mol. The van der Waals surface area contributed by atoms with Gasteiger partial charge in [0.15, 0.2) is 0 Å². The molecule has 2 aromatic carbocycles. The van der Waals surface area contributed by atoms with Gasteiger partial charge in [0.1, 0.15) is 11.6 Å². The highest BCUT2D eigenvalue weighted by Gasteiger charge is 2.27. The monoisotopic (exact) mass is 391 g/mol. The lowest BCUT2D eigenvalue weighted by molar-refractivity contribution is 0.245. The predicted octanol–water partition coefficient (Wildman–Crippen LogP) is 2.02. The summed E-state index contributed by atoms with van der Waals surface area (Å²) in [6, 6.07) is 16.3. The van der Waals surface area contributed by atoms with E-state index >= 15 is 0 Å². The minimum absolute atomic E-state index is 0.168. The summed E-state index contributed by atoms with van der Waals surface area (Å²) < 4.78 is 7.03. The first kappa shape index (κ1) is 18.0. The van der Waals surface area contributed by atoms with Crippen LogP contribution in [0.3, 0.4) is 0 Å². The Hall–Kier alpha value is -3.06. The van der Waals surface area contributed by atoms with Gasteiger partial charge in [-0.1, -0.05) is 12.1 Å². The van der Waals surface area contributed by atoms with Crippen LogP contribution < -0.4 is 20.6 Å². The standard InChI is InChI=1S/C22H25N5O2/c1-29-18-8-6-17(7-9-18)26-12-10-25(11-13-26)14-16-15-27-21(23-16)19-4-2-3-5-20(19)24-22(27)28/h2-9,16,23H,10-15H2,1H3. The number of hydrogen-bond acceptors (Lipinski definition) is 6. The number of nitrogens with one attached hydrogen (secondary N) is 1. The highest BCUT2D eigenvalue weighted by atomic mass is 16.5. The Bertz CT molecular complexity index is 1070. The Morgan fingerprint density at radius 2 is 1.83 bits per heavy atom. The maximum Gasteiger partial charge on any atom is 0.349 e. The van der Waals surface area contributed by atoms with Crippen LogP contribution in [0.4, 0.5) is 11.5 Å². The summed E-state index contributed by atoms with van der Waals surface area (Å²) in [5.41, 5.74) is 1.82. The van der Waals surface area contributed by atoms with Gasteiger partial charge >= 0.3 is 5.69 Å². The van der Waals surface area contributed by atoms with Crippen LogP contribution in [-0.2, 0) is 6.54 Å². The molecular weight excluding hydrogens is 366 g/mol. The van der Waals surface area contributed by atoms with Crippen LogP contribution >= 0.6 is 0 Å². The molecule has 0 radical (unpaired) electrons. The summed E-state index contributed by atoms with van der Waals surface area (Å²) in [5, 5.41) is 4.59. The number of aromatic nitrogens is 2. The third-order valence-corrected chi connectivity index (χ3v) is 5.91. The smallest absolute Gasteiger partial charge is 0.349 e. The third kappa shape index (κ3) is 3.42. The number of fused-ring (bicyclic) bond motifs is 3. The van der Waals surface area contributed by atoms with Crippen LogP contribution in [-0.4, -0.2) is 60.3 Å². The highest BCUT2D eigenvalue weighted by Crippen LogP contribution is 2.26. The maximum atomic E-state index is 12.4. The molecule has 0 saturated carbocycles. The number of hydrogen-bond donors (Lipinski definition) is 1. The molecule has 0 aliphatic carbocycles. The average Bonchev–Trinajstić information content (AvgIpc) is 3.19. The largest absolute Gasteiger partial charge is 0.497 e. The lowest BCUT2D eigenvalue weighted by atomic mass is 10.2. The summed E-state index contributed by atoms with van der Waals surface area (Å²) in [6.45, 7) is 5.60. The third-order valence-electron chi connectivity index (χ3n) is 5.91. The molecule has 1 N–H and O–H groups in total. The Kier molecular flexibility index (Phi) is 4.60. The molecule has 0 amide bonds. The van der Waals surface area contributed by atoms with Crippen molar-refractivity contribution in [2.45, 2.75) is 12.6 Å². The molecule has 1 aromatic heterocycles. The van der Waals surface area contributed by atoms with E-state index in [1.807, 2.05) is 36.4 Å². The van der Waals surface area contributed by atoms with Gasteiger partial charge in [-0.15, -0.1) is 0 Å². The fourth-order valence-electron chi connectivity index (χ4n) is 4.36. The van der Waals surface area contributed by atoms with E-state index in [9.17, 15) is 4.79 Å². The second-order valence-electron chi connectivity index (χ2n) is 7.70. The molecule has 0 bridgehead atoms. The SMILES string of the molecule is COc1ccc(N2CCN(CC3Cn4c(c5ccccc5nc4=O)N3)CC2)cc1. The van der Waals surface area contributed by atoms with E-state index in [2.05, 4.69) is 32.2 Å². The van der Waals surface area contributed by atoms with Gasteiger partial charge in [0.25, 0.3) is 0 Å². The zero-order valence-corrected chi connectivity index (χ0v) is 16.5. The second-order valence-corrected chi connectivity index (χ2v) is 7.70. The average molecular weight is 391 g/mol. The molecule has 1 fully saturated rings. The van der Waals surface area contributed by atoms with E-state index in [1.54, 1.807) is 11.7 Å². The van der Waals surface area contributed by atoms with Crippen LogP contribution in [0.1, 0.15) is 0 Å². The number of rotatable bonds is 4. The zero-order valence-electron chi connectivity index (χ0n) is 16.5. The lowest BCUT2D eigenvalue weighted by Crippen LogP contribution is -2.49. The molecule has 1 unspecified atom stereocenters. The van der Waals surface area contributed by atoms with Gasteiger partial charge in [-0.05, 0) is 36.4 Å². The van der Waals surface area contributed by atoms with Crippen LogP contribution in [0.25, 0.3) is 10.9 Å². The Labute approximate surface area is 169 Å².